The minimum Gasteiger partial charge on any atom is -0.496 e. The van der Waals surface area contributed by atoms with E-state index in [1.807, 2.05) is 0 Å². The van der Waals surface area contributed by atoms with Crippen molar-refractivity contribution in [2.45, 2.75) is 9.79 Å². The Hall–Kier alpha value is -3.84. The van der Waals surface area contributed by atoms with Gasteiger partial charge in [-0.05, 0) is 66.7 Å². The van der Waals surface area contributed by atoms with Crippen molar-refractivity contribution in [1.29, 1.82) is 0 Å². The highest BCUT2D eigenvalue weighted by Crippen LogP contribution is 2.22. The maximum absolute atomic E-state index is 13.1. The molecule has 0 unspecified atom stereocenters. The van der Waals surface area contributed by atoms with Crippen molar-refractivity contribution in [2.24, 2.45) is 0 Å². The molecule has 0 saturated carbocycles. The lowest BCUT2D eigenvalue weighted by molar-refractivity contribution is 0.0978. The molecule has 0 bridgehead atoms. The SMILES string of the molecule is COc1ccc(C(=O)NS(=O)(=O)c2ccc(F)cc2)cc1C(=O)NS(=O)(=O)c1ccc(F)cc1. The number of carbonyl (C=O) groups is 2. The Morgan fingerprint density at radius 3 is 1.59 bits per heavy atom. The fraction of sp³-hybridized carbons (Fsp3) is 0.0476. The number of ether oxygens (including phenoxy) is 1. The molecule has 34 heavy (non-hydrogen) atoms. The molecule has 0 fully saturated rings. The van der Waals surface area contributed by atoms with Crippen LogP contribution >= 0.6 is 0 Å². The minimum absolute atomic E-state index is 0.107. The number of sulfonamides is 2. The number of benzene rings is 3. The van der Waals surface area contributed by atoms with Gasteiger partial charge in [0.05, 0.1) is 22.5 Å². The van der Waals surface area contributed by atoms with Gasteiger partial charge in [0.15, 0.2) is 0 Å². The summed E-state index contributed by atoms with van der Waals surface area (Å²) in [4.78, 5) is 24.4. The van der Waals surface area contributed by atoms with E-state index in [9.17, 15) is 35.2 Å². The summed E-state index contributed by atoms with van der Waals surface area (Å²) < 4.78 is 84.3. The third-order valence-electron chi connectivity index (χ3n) is 4.41. The molecule has 9 nitrogen and oxygen atoms in total. The second kappa shape index (κ2) is 9.57. The van der Waals surface area contributed by atoms with Crippen LogP contribution in [-0.4, -0.2) is 35.8 Å². The normalized spacial score (nSPS) is 11.5. The monoisotopic (exact) mass is 510 g/mol. The smallest absolute Gasteiger partial charge is 0.268 e. The summed E-state index contributed by atoms with van der Waals surface area (Å²) in [6, 6.07) is 10.7. The summed E-state index contributed by atoms with van der Waals surface area (Å²) in [5.41, 5.74) is -0.698. The lowest BCUT2D eigenvalue weighted by Gasteiger charge is -2.12. The van der Waals surface area contributed by atoms with Crippen molar-refractivity contribution in [1.82, 2.24) is 9.44 Å². The topological polar surface area (TPSA) is 136 Å². The summed E-state index contributed by atoms with van der Waals surface area (Å²) in [5, 5.41) is 0. The van der Waals surface area contributed by atoms with Gasteiger partial charge in [-0.2, -0.15) is 0 Å². The van der Waals surface area contributed by atoms with Crippen molar-refractivity contribution >= 4 is 31.9 Å². The van der Waals surface area contributed by atoms with Gasteiger partial charge in [-0.1, -0.05) is 0 Å². The highest BCUT2D eigenvalue weighted by atomic mass is 32.2. The van der Waals surface area contributed by atoms with Crippen LogP contribution < -0.4 is 14.2 Å². The predicted octanol–water partition coefficient (Wildman–Crippen LogP) is 2.21. The summed E-state index contributed by atoms with van der Waals surface area (Å²) in [6.07, 6.45) is 0. The van der Waals surface area contributed by atoms with Crippen LogP contribution in [0.3, 0.4) is 0 Å². The van der Waals surface area contributed by atoms with Gasteiger partial charge in [0.25, 0.3) is 31.9 Å². The molecule has 13 heteroatoms. The fourth-order valence-corrected chi connectivity index (χ4v) is 4.67. The van der Waals surface area contributed by atoms with E-state index in [1.54, 1.807) is 9.44 Å². The van der Waals surface area contributed by atoms with Gasteiger partial charge >= 0.3 is 0 Å². The highest BCUT2D eigenvalue weighted by Gasteiger charge is 2.24. The zero-order valence-corrected chi connectivity index (χ0v) is 18.9. The van der Waals surface area contributed by atoms with Crippen LogP contribution in [0.15, 0.2) is 76.5 Å². The molecule has 3 aromatic rings. The van der Waals surface area contributed by atoms with E-state index in [-0.39, 0.29) is 26.7 Å². The molecule has 0 aliphatic rings. The molecule has 178 valence electrons. The van der Waals surface area contributed by atoms with Crippen molar-refractivity contribution in [2.75, 3.05) is 7.11 Å². The molecular formula is C21H16F2N2O7S2. The Kier molecular flexibility index (Phi) is 6.98. The first-order chi connectivity index (χ1) is 15.9. The molecule has 0 aliphatic heterocycles. The number of amides is 2. The third kappa shape index (κ3) is 5.55. The van der Waals surface area contributed by atoms with Gasteiger partial charge in [-0.3, -0.25) is 9.59 Å². The Bertz CT molecular complexity index is 1460. The van der Waals surface area contributed by atoms with E-state index in [0.717, 1.165) is 60.7 Å². The van der Waals surface area contributed by atoms with E-state index < -0.39 is 43.5 Å². The predicted molar refractivity (Wildman–Crippen MR) is 115 cm³/mol. The molecule has 0 aliphatic carbocycles. The fourth-order valence-electron chi connectivity index (χ4n) is 2.73. The van der Waals surface area contributed by atoms with Crippen LogP contribution in [0.2, 0.25) is 0 Å². The van der Waals surface area contributed by atoms with Crippen LogP contribution in [0, 0.1) is 11.6 Å². The van der Waals surface area contributed by atoms with Crippen LogP contribution in [0.4, 0.5) is 8.78 Å². The molecule has 0 heterocycles. The number of hydrogen-bond donors (Lipinski definition) is 2. The van der Waals surface area contributed by atoms with Gasteiger partial charge in [0.2, 0.25) is 0 Å². The third-order valence-corrected chi connectivity index (χ3v) is 7.10. The average Bonchev–Trinajstić information content (AvgIpc) is 2.78. The maximum atomic E-state index is 13.1. The molecule has 2 N–H and O–H groups in total. The maximum Gasteiger partial charge on any atom is 0.268 e. The number of methoxy groups -OCH3 is 1. The zero-order chi connectivity index (χ0) is 25.1. The molecule has 3 rings (SSSR count). The van der Waals surface area contributed by atoms with Gasteiger partial charge in [-0.25, -0.2) is 35.1 Å². The van der Waals surface area contributed by atoms with Crippen LogP contribution in [0.1, 0.15) is 20.7 Å². The van der Waals surface area contributed by atoms with Crippen LogP contribution in [0.25, 0.3) is 0 Å². The number of carbonyl (C=O) groups excluding carboxylic acids is 2. The Morgan fingerprint density at radius 1 is 0.706 bits per heavy atom. The number of halogens is 2. The van der Waals surface area contributed by atoms with Crippen molar-refractivity contribution in [3.05, 3.63) is 89.5 Å². The van der Waals surface area contributed by atoms with Crippen molar-refractivity contribution in [3.63, 3.8) is 0 Å². The second-order valence-electron chi connectivity index (χ2n) is 6.69. The first-order valence-electron chi connectivity index (χ1n) is 9.26. The van der Waals surface area contributed by atoms with Crippen LogP contribution in [0.5, 0.6) is 5.75 Å². The lowest BCUT2D eigenvalue weighted by atomic mass is 10.1. The molecule has 0 atom stereocenters. The summed E-state index contributed by atoms with van der Waals surface area (Å²) in [5.74, 6) is -3.78. The van der Waals surface area contributed by atoms with Crippen molar-refractivity contribution < 1.29 is 39.9 Å². The minimum atomic E-state index is -4.40. The highest BCUT2D eigenvalue weighted by molar-refractivity contribution is 7.90. The van der Waals surface area contributed by atoms with Gasteiger partial charge < -0.3 is 4.74 Å². The number of nitrogens with one attached hydrogen (secondary N) is 2. The zero-order valence-electron chi connectivity index (χ0n) is 17.3. The van der Waals surface area contributed by atoms with Crippen LogP contribution in [-0.2, 0) is 20.0 Å². The Balaban J connectivity index is 1.87. The van der Waals surface area contributed by atoms with E-state index in [4.69, 9.17) is 4.74 Å². The van der Waals surface area contributed by atoms with E-state index in [0.29, 0.717) is 0 Å². The summed E-state index contributed by atoms with van der Waals surface area (Å²) in [7, 11) is -7.57. The standard InChI is InChI=1S/C21H16F2N2O7S2/c1-32-19-11-2-13(20(26)24-33(28,29)16-7-3-14(22)4-8-16)12-18(19)21(27)25-34(30,31)17-9-5-15(23)6-10-17/h2-12H,1H3,(H,24,26)(H,25,27). The number of hydrogen-bond acceptors (Lipinski definition) is 7. The Labute approximate surface area is 193 Å². The first-order valence-corrected chi connectivity index (χ1v) is 12.2. The largest absolute Gasteiger partial charge is 0.496 e. The van der Waals surface area contributed by atoms with Gasteiger partial charge in [0.1, 0.15) is 17.4 Å². The van der Waals surface area contributed by atoms with E-state index in [1.165, 1.54) is 13.2 Å². The summed E-state index contributed by atoms with van der Waals surface area (Å²) >= 11 is 0. The first kappa shape index (κ1) is 24.8. The quantitative estimate of drug-likeness (QED) is 0.497. The van der Waals surface area contributed by atoms with E-state index in [2.05, 4.69) is 0 Å². The molecule has 3 aromatic carbocycles. The number of rotatable bonds is 7. The molecule has 0 aromatic heterocycles. The molecule has 0 saturated heterocycles. The molecule has 0 radical (unpaired) electrons. The summed E-state index contributed by atoms with van der Waals surface area (Å²) in [6.45, 7) is 0. The molecule has 2 amide bonds. The second-order valence-corrected chi connectivity index (χ2v) is 10.1. The van der Waals surface area contributed by atoms with Gasteiger partial charge in [-0.15, -0.1) is 0 Å². The average molecular weight is 510 g/mol. The van der Waals surface area contributed by atoms with Gasteiger partial charge in [0, 0.05) is 5.56 Å². The lowest BCUT2D eigenvalue weighted by Crippen LogP contribution is -2.32. The van der Waals surface area contributed by atoms with E-state index >= 15 is 0 Å². The van der Waals surface area contributed by atoms with Crippen molar-refractivity contribution in [3.8, 4) is 5.75 Å². The molecule has 0 spiro atoms. The molecular weight excluding hydrogens is 494 g/mol. The Morgan fingerprint density at radius 2 is 1.15 bits per heavy atom.